The molecular formula is C36H40Cl2Ti2-2. The fraction of sp³-hybridized carbons (Fsp3) is 0.222. The second-order valence-corrected chi connectivity index (χ2v) is 12.4. The van der Waals surface area contributed by atoms with Gasteiger partial charge in [0.15, 0.2) is 0 Å². The monoisotopic (exact) mass is 638 g/mol. The SMILES string of the molecule is CC1=CC[C-]=C1.CC1=CC[C-]=C1.C[C](C)=[Ti+2].C[C](C)=[Ti+2].[Cl-].[Cl-].c1ccc2[cH-]ccc2c1.c1ccc2[cH-]ccc2c1. The third-order valence-electron chi connectivity index (χ3n) is 4.84. The molecule has 4 aromatic rings. The summed E-state index contributed by atoms with van der Waals surface area (Å²) in [5, 5.41) is 5.32. The fourth-order valence-electron chi connectivity index (χ4n) is 3.14. The van der Waals surface area contributed by atoms with Gasteiger partial charge in [-0.25, -0.2) is 23.3 Å². The smallest absolute Gasteiger partial charge is 0.0809 e. The molecule has 0 saturated carbocycles. The Bertz CT molecular complexity index is 1180. The molecule has 208 valence electrons. The predicted molar refractivity (Wildman–Crippen MR) is 164 cm³/mol. The van der Waals surface area contributed by atoms with Crippen molar-refractivity contribution in [3.05, 3.63) is 133 Å². The van der Waals surface area contributed by atoms with Crippen LogP contribution in [-0.4, -0.2) is 7.62 Å². The van der Waals surface area contributed by atoms with Gasteiger partial charge in [0.1, 0.15) is 0 Å². The molecule has 0 spiro atoms. The van der Waals surface area contributed by atoms with E-state index in [1.807, 2.05) is 12.2 Å². The maximum absolute atomic E-state index is 3.05. The summed E-state index contributed by atoms with van der Waals surface area (Å²) >= 11 is 4.17. The van der Waals surface area contributed by atoms with Crippen LogP contribution < -0.4 is 24.8 Å². The van der Waals surface area contributed by atoms with E-state index < -0.39 is 0 Å². The van der Waals surface area contributed by atoms with Crippen molar-refractivity contribution in [1.29, 1.82) is 0 Å². The Balaban J connectivity index is 0. The molecule has 2 aliphatic rings. The average Bonchev–Trinajstić information content (AvgIpc) is 3.67. The zero-order valence-corrected chi connectivity index (χ0v) is 29.2. The van der Waals surface area contributed by atoms with Crippen molar-refractivity contribution < 1.29 is 64.8 Å². The molecular weight excluding hydrogens is 599 g/mol. The molecule has 0 nitrogen and oxygen atoms in total. The molecule has 0 heterocycles. The van der Waals surface area contributed by atoms with Gasteiger partial charge in [-0.2, -0.15) is 47.2 Å². The van der Waals surface area contributed by atoms with E-state index in [1.165, 1.54) is 40.3 Å². The van der Waals surface area contributed by atoms with Gasteiger partial charge in [0.2, 0.25) is 0 Å². The second-order valence-electron chi connectivity index (χ2n) is 9.31. The molecule has 4 heteroatoms. The first-order valence-electron chi connectivity index (χ1n) is 12.9. The summed E-state index contributed by atoms with van der Waals surface area (Å²) in [6.45, 7) is 12.5. The first-order valence-corrected chi connectivity index (χ1v) is 14.5. The van der Waals surface area contributed by atoms with E-state index in [2.05, 4.69) is 191 Å². The van der Waals surface area contributed by atoms with E-state index in [9.17, 15) is 0 Å². The minimum Gasteiger partial charge on any atom is -1.00 e. The Morgan fingerprint density at radius 2 is 0.925 bits per heavy atom. The van der Waals surface area contributed by atoms with Gasteiger partial charge in [-0.1, -0.05) is 12.1 Å². The maximum atomic E-state index is 3.05. The Morgan fingerprint density at radius 3 is 1.15 bits per heavy atom. The van der Waals surface area contributed by atoms with Crippen LogP contribution in [-0.2, 0) is 39.9 Å². The number of hydrogen-bond acceptors (Lipinski definition) is 0. The average molecular weight is 639 g/mol. The number of halogens is 2. The molecule has 0 fully saturated rings. The number of benzene rings is 2. The molecule has 0 aliphatic heterocycles. The van der Waals surface area contributed by atoms with Crippen molar-refractivity contribution >= 4 is 29.2 Å². The van der Waals surface area contributed by atoms with Gasteiger partial charge in [0.25, 0.3) is 0 Å². The summed E-state index contributed by atoms with van der Waals surface area (Å²) in [6.07, 6.45) is 16.5. The largest absolute Gasteiger partial charge is 1.00 e. The van der Waals surface area contributed by atoms with E-state index >= 15 is 0 Å². The summed E-state index contributed by atoms with van der Waals surface area (Å²) in [5.74, 6) is 0. The Hall–Kier alpha value is -1.63. The summed E-state index contributed by atoms with van der Waals surface area (Å²) in [6, 6.07) is 29.3. The molecule has 6 rings (SSSR count). The van der Waals surface area contributed by atoms with Crippen LogP contribution in [0.1, 0.15) is 54.4 Å². The normalized spacial score (nSPS) is 11.6. The molecule has 0 saturated heterocycles. The summed E-state index contributed by atoms with van der Waals surface area (Å²) in [4.78, 5) is 0. The molecule has 4 aromatic carbocycles. The Labute approximate surface area is 278 Å². The quantitative estimate of drug-likeness (QED) is 0.202. The second kappa shape index (κ2) is 25.1. The molecule has 0 unspecified atom stereocenters. The Kier molecular flexibility index (Phi) is 25.4. The number of hydrogen-bond donors (Lipinski definition) is 0. The van der Waals surface area contributed by atoms with Crippen molar-refractivity contribution in [1.82, 2.24) is 0 Å². The maximum Gasteiger partial charge on any atom is -0.0809 e. The van der Waals surface area contributed by atoms with Gasteiger partial charge in [-0.3, -0.25) is 12.2 Å². The molecule has 0 radical (unpaired) electrons. The van der Waals surface area contributed by atoms with Gasteiger partial charge < -0.3 is 24.8 Å². The van der Waals surface area contributed by atoms with Crippen LogP contribution in [0.15, 0.2) is 120 Å². The number of fused-ring (bicyclic) bond motifs is 2. The van der Waals surface area contributed by atoms with Crippen molar-refractivity contribution in [3.8, 4) is 0 Å². The fourth-order valence-corrected chi connectivity index (χ4v) is 3.14. The minimum absolute atomic E-state index is 0. The third-order valence-corrected chi connectivity index (χ3v) is 4.84. The topological polar surface area (TPSA) is 0 Å². The molecule has 0 aromatic heterocycles. The van der Waals surface area contributed by atoms with Gasteiger partial charge in [0.05, 0.1) is 0 Å². The van der Waals surface area contributed by atoms with Crippen LogP contribution in [0.2, 0.25) is 0 Å². The van der Waals surface area contributed by atoms with Crippen LogP contribution in [0.3, 0.4) is 0 Å². The molecule has 0 bridgehead atoms. The molecule has 2 aliphatic carbocycles. The van der Waals surface area contributed by atoms with Gasteiger partial charge in [-0.15, -0.1) is 86.0 Å². The number of allylic oxidation sites excluding steroid dienone is 8. The van der Waals surface area contributed by atoms with Crippen LogP contribution in [0, 0.1) is 12.2 Å². The van der Waals surface area contributed by atoms with Crippen molar-refractivity contribution in [3.63, 3.8) is 0 Å². The molecule has 0 N–H and O–H groups in total. The van der Waals surface area contributed by atoms with Crippen molar-refractivity contribution in [2.75, 3.05) is 0 Å². The van der Waals surface area contributed by atoms with Gasteiger partial charge in [0, 0.05) is 0 Å². The first-order chi connectivity index (χ1) is 18.2. The van der Waals surface area contributed by atoms with E-state index in [-0.39, 0.29) is 24.8 Å². The van der Waals surface area contributed by atoms with Crippen molar-refractivity contribution in [2.45, 2.75) is 54.4 Å². The van der Waals surface area contributed by atoms with E-state index in [0.717, 1.165) is 12.8 Å². The van der Waals surface area contributed by atoms with Crippen LogP contribution in [0.5, 0.6) is 0 Å². The standard InChI is InChI=1S/2C9H7.2C6H7.2C3H6.2ClH.2Ti/c2*1-2-5-9-7-3-6-8(9)4-1;2*1-6-4-2-3-5-6;2*1-3-2;;;;/h2*1-7H;2*4-5H,2H2,1H3;2*1-2H3;2*1H;;/q4*-1;;;;;2*+2/p-2. The van der Waals surface area contributed by atoms with Crippen LogP contribution >= 0.6 is 0 Å². The number of rotatable bonds is 0. The minimum atomic E-state index is 0. The van der Waals surface area contributed by atoms with Gasteiger partial charge in [-0.05, 0) is 0 Å². The summed E-state index contributed by atoms with van der Waals surface area (Å²) in [5.41, 5.74) is 2.69. The van der Waals surface area contributed by atoms with Crippen molar-refractivity contribution in [2.24, 2.45) is 0 Å². The van der Waals surface area contributed by atoms with E-state index in [0.29, 0.717) is 0 Å². The van der Waals surface area contributed by atoms with Crippen LogP contribution in [0.4, 0.5) is 0 Å². The van der Waals surface area contributed by atoms with Crippen LogP contribution in [0.25, 0.3) is 21.5 Å². The third kappa shape index (κ3) is 21.2. The predicted octanol–water partition coefficient (Wildman–Crippen LogP) is 4.01. The summed E-state index contributed by atoms with van der Waals surface area (Å²) < 4.78 is 2.83. The summed E-state index contributed by atoms with van der Waals surface area (Å²) in [7, 11) is 0. The Morgan fingerprint density at radius 1 is 0.600 bits per heavy atom. The zero-order valence-electron chi connectivity index (χ0n) is 24.6. The first kappa shape index (κ1) is 40.5. The molecule has 40 heavy (non-hydrogen) atoms. The van der Waals surface area contributed by atoms with E-state index in [1.54, 1.807) is 0 Å². The zero-order chi connectivity index (χ0) is 28.2. The molecule has 0 atom stereocenters. The van der Waals surface area contributed by atoms with E-state index in [4.69, 9.17) is 0 Å². The van der Waals surface area contributed by atoms with Gasteiger partial charge >= 0.3 is 75.3 Å². The molecule has 0 amide bonds.